The summed E-state index contributed by atoms with van der Waals surface area (Å²) in [5, 5.41) is 48.0. The topological polar surface area (TPSA) is 130 Å². The van der Waals surface area contributed by atoms with Crippen molar-refractivity contribution < 1.29 is 30.3 Å². The molecule has 0 aromatic carbocycles. The summed E-state index contributed by atoms with van der Waals surface area (Å²) in [5.41, 5.74) is 0. The van der Waals surface area contributed by atoms with E-state index in [2.05, 4.69) is 5.32 Å². The molecule has 0 heterocycles. The summed E-state index contributed by atoms with van der Waals surface area (Å²) >= 11 is 0. The lowest BCUT2D eigenvalue weighted by atomic mass is 10.0. The Morgan fingerprint density at radius 3 is 2.24 bits per heavy atom. The van der Waals surface area contributed by atoms with Gasteiger partial charge in [0.05, 0.1) is 6.61 Å². The Morgan fingerprint density at radius 2 is 1.76 bits per heavy atom. The lowest BCUT2D eigenvalue weighted by Gasteiger charge is -2.24. The van der Waals surface area contributed by atoms with E-state index in [0.29, 0.717) is 6.54 Å². The molecule has 4 atom stereocenters. The second kappa shape index (κ2) is 8.37. The number of nitrogens with one attached hydrogen (secondary N) is 1. The molecule has 0 fully saturated rings. The van der Waals surface area contributed by atoms with E-state index >= 15 is 0 Å². The van der Waals surface area contributed by atoms with Crippen LogP contribution in [0.25, 0.3) is 0 Å². The highest BCUT2D eigenvalue weighted by atomic mass is 16.4. The molecule has 102 valence electrons. The molecule has 7 nitrogen and oxygen atoms in total. The molecule has 1 amide bonds. The number of carbonyl (C=O) groups is 1. The molecule has 0 unspecified atom stereocenters. The SMILES string of the molecule is CCCCNC(=O)[C@@H](O)[C@H](O)[C@H](O)[C@H](O)CO. The summed E-state index contributed by atoms with van der Waals surface area (Å²) in [4.78, 5) is 11.3. The lowest BCUT2D eigenvalue weighted by Crippen LogP contribution is -2.51. The van der Waals surface area contributed by atoms with Crippen molar-refractivity contribution in [3.05, 3.63) is 0 Å². The van der Waals surface area contributed by atoms with Crippen LogP contribution in [0.15, 0.2) is 0 Å². The minimum atomic E-state index is -1.85. The van der Waals surface area contributed by atoms with Crippen LogP contribution in [0.2, 0.25) is 0 Å². The number of hydrogen-bond donors (Lipinski definition) is 6. The Labute approximate surface area is 99.7 Å². The maximum absolute atomic E-state index is 11.3. The van der Waals surface area contributed by atoms with Crippen molar-refractivity contribution in [3.63, 3.8) is 0 Å². The fourth-order valence-corrected chi connectivity index (χ4v) is 1.17. The van der Waals surface area contributed by atoms with E-state index in [1.807, 2.05) is 6.92 Å². The molecule has 17 heavy (non-hydrogen) atoms. The Kier molecular flexibility index (Phi) is 8.01. The van der Waals surface area contributed by atoms with Crippen molar-refractivity contribution >= 4 is 5.91 Å². The molecule has 0 aromatic rings. The van der Waals surface area contributed by atoms with Crippen LogP contribution in [0.5, 0.6) is 0 Å². The predicted octanol–water partition coefficient (Wildman–Crippen LogP) is -2.66. The van der Waals surface area contributed by atoms with Crippen LogP contribution in [-0.4, -0.2) is 69.0 Å². The van der Waals surface area contributed by atoms with Gasteiger partial charge in [-0.3, -0.25) is 4.79 Å². The normalized spacial score (nSPS) is 18.2. The maximum atomic E-state index is 11.3. The van der Waals surface area contributed by atoms with Crippen molar-refractivity contribution in [1.82, 2.24) is 5.32 Å². The van der Waals surface area contributed by atoms with E-state index in [1.54, 1.807) is 0 Å². The van der Waals surface area contributed by atoms with Gasteiger partial charge in [0, 0.05) is 6.54 Å². The number of rotatable bonds is 8. The van der Waals surface area contributed by atoms with Gasteiger partial charge in [0.15, 0.2) is 6.10 Å². The molecular formula is C10H21NO6. The standard InChI is InChI=1S/C10H21NO6/c1-2-3-4-11-10(17)9(16)8(15)7(14)6(13)5-12/h6-9,12-16H,2-5H2,1H3,(H,11,17)/t6-,7-,8-,9+/m1/s1. The van der Waals surface area contributed by atoms with Crippen molar-refractivity contribution in [3.8, 4) is 0 Å². The van der Waals surface area contributed by atoms with E-state index < -0.39 is 36.9 Å². The highest BCUT2D eigenvalue weighted by Gasteiger charge is 2.33. The van der Waals surface area contributed by atoms with Crippen LogP contribution in [0.3, 0.4) is 0 Å². The van der Waals surface area contributed by atoms with Gasteiger partial charge in [-0.1, -0.05) is 13.3 Å². The Balaban J connectivity index is 4.18. The molecule has 0 aliphatic heterocycles. The molecule has 0 bridgehead atoms. The predicted molar refractivity (Wildman–Crippen MR) is 59.0 cm³/mol. The third kappa shape index (κ3) is 5.42. The number of aliphatic hydroxyl groups is 5. The average molecular weight is 251 g/mol. The third-order valence-corrected chi connectivity index (χ3v) is 2.35. The summed E-state index contributed by atoms with van der Waals surface area (Å²) in [5.74, 6) is -0.824. The van der Waals surface area contributed by atoms with Gasteiger partial charge in [-0.05, 0) is 6.42 Å². The van der Waals surface area contributed by atoms with Gasteiger partial charge in [0.1, 0.15) is 18.3 Å². The first-order valence-corrected chi connectivity index (χ1v) is 5.56. The fraction of sp³-hybridized carbons (Fsp3) is 0.900. The van der Waals surface area contributed by atoms with Crippen molar-refractivity contribution in [2.75, 3.05) is 13.2 Å². The molecule has 0 aromatic heterocycles. The van der Waals surface area contributed by atoms with E-state index in [1.165, 1.54) is 0 Å². The van der Waals surface area contributed by atoms with Gasteiger partial charge in [-0.25, -0.2) is 0 Å². The molecule has 0 saturated carbocycles. The Morgan fingerprint density at radius 1 is 1.18 bits per heavy atom. The summed E-state index contributed by atoms with van der Waals surface area (Å²) in [7, 11) is 0. The van der Waals surface area contributed by atoms with Gasteiger partial charge in [-0.15, -0.1) is 0 Å². The van der Waals surface area contributed by atoms with Gasteiger partial charge in [0.2, 0.25) is 0 Å². The number of unbranched alkanes of at least 4 members (excludes halogenated alkanes) is 1. The van der Waals surface area contributed by atoms with Gasteiger partial charge >= 0.3 is 0 Å². The van der Waals surface area contributed by atoms with Gasteiger partial charge < -0.3 is 30.8 Å². The van der Waals surface area contributed by atoms with E-state index in [4.69, 9.17) is 10.2 Å². The minimum Gasteiger partial charge on any atom is -0.394 e. The molecular weight excluding hydrogens is 230 g/mol. The largest absolute Gasteiger partial charge is 0.394 e. The van der Waals surface area contributed by atoms with Crippen LogP contribution in [-0.2, 0) is 4.79 Å². The summed E-state index contributed by atoms with van der Waals surface area (Å²) in [6, 6.07) is 0. The van der Waals surface area contributed by atoms with Crippen LogP contribution in [0.1, 0.15) is 19.8 Å². The number of carbonyl (C=O) groups excluding carboxylic acids is 1. The zero-order chi connectivity index (χ0) is 13.4. The second-order valence-corrected chi connectivity index (χ2v) is 3.82. The van der Waals surface area contributed by atoms with E-state index in [9.17, 15) is 20.1 Å². The van der Waals surface area contributed by atoms with Crippen LogP contribution in [0.4, 0.5) is 0 Å². The van der Waals surface area contributed by atoms with Crippen LogP contribution in [0, 0.1) is 0 Å². The first kappa shape index (κ1) is 16.3. The molecule has 0 rings (SSSR count). The second-order valence-electron chi connectivity index (χ2n) is 3.82. The number of amides is 1. The first-order chi connectivity index (χ1) is 7.95. The summed E-state index contributed by atoms with van der Waals surface area (Å²) < 4.78 is 0. The summed E-state index contributed by atoms with van der Waals surface area (Å²) in [6.45, 7) is 1.51. The molecule has 0 saturated heterocycles. The van der Waals surface area contributed by atoms with Gasteiger partial charge in [-0.2, -0.15) is 0 Å². The third-order valence-electron chi connectivity index (χ3n) is 2.35. The highest BCUT2D eigenvalue weighted by molar-refractivity contribution is 5.81. The molecule has 0 aliphatic rings. The van der Waals surface area contributed by atoms with E-state index in [0.717, 1.165) is 12.8 Å². The number of hydrogen-bond acceptors (Lipinski definition) is 6. The van der Waals surface area contributed by atoms with Crippen LogP contribution < -0.4 is 5.32 Å². The number of aliphatic hydroxyl groups excluding tert-OH is 5. The minimum absolute atomic E-state index is 0.359. The first-order valence-electron chi connectivity index (χ1n) is 5.56. The fourth-order valence-electron chi connectivity index (χ4n) is 1.17. The molecule has 7 heteroatoms. The van der Waals surface area contributed by atoms with Crippen molar-refractivity contribution in [2.45, 2.75) is 44.2 Å². The monoisotopic (exact) mass is 251 g/mol. The van der Waals surface area contributed by atoms with E-state index in [-0.39, 0.29) is 0 Å². The molecule has 6 N–H and O–H groups in total. The Hall–Kier alpha value is -0.730. The van der Waals surface area contributed by atoms with Crippen molar-refractivity contribution in [1.29, 1.82) is 0 Å². The molecule has 0 radical (unpaired) electrons. The zero-order valence-corrected chi connectivity index (χ0v) is 9.78. The molecule has 0 spiro atoms. The average Bonchev–Trinajstić information content (AvgIpc) is 2.35. The smallest absolute Gasteiger partial charge is 0.251 e. The molecule has 0 aliphatic carbocycles. The van der Waals surface area contributed by atoms with Gasteiger partial charge in [0.25, 0.3) is 5.91 Å². The quantitative estimate of drug-likeness (QED) is 0.261. The lowest BCUT2D eigenvalue weighted by molar-refractivity contribution is -0.148. The zero-order valence-electron chi connectivity index (χ0n) is 9.78. The maximum Gasteiger partial charge on any atom is 0.251 e. The Bertz CT molecular complexity index is 225. The van der Waals surface area contributed by atoms with Crippen LogP contribution >= 0.6 is 0 Å². The highest BCUT2D eigenvalue weighted by Crippen LogP contribution is 2.05. The van der Waals surface area contributed by atoms with Crippen molar-refractivity contribution in [2.24, 2.45) is 0 Å². The summed E-state index contributed by atoms with van der Waals surface area (Å²) in [6.07, 6.45) is -5.49.